The second-order valence-corrected chi connectivity index (χ2v) is 10.5. The van der Waals surface area contributed by atoms with Crippen LogP contribution in [0, 0.1) is 0 Å². The van der Waals surface area contributed by atoms with Gasteiger partial charge >= 0.3 is 0 Å². The molecule has 170 valence electrons. The summed E-state index contributed by atoms with van der Waals surface area (Å²) in [4.78, 5) is 27.7. The highest BCUT2D eigenvalue weighted by Crippen LogP contribution is 2.32. The molecule has 0 saturated carbocycles. The quantitative estimate of drug-likeness (QED) is 0.641. The number of rotatable bonds is 6. The predicted molar refractivity (Wildman–Crippen MR) is 125 cm³/mol. The number of hydrogen-bond acceptors (Lipinski definition) is 5. The molecule has 0 radical (unpaired) electrons. The number of hydrogen-bond donors (Lipinski definition) is 0. The van der Waals surface area contributed by atoms with Crippen LogP contribution in [0.15, 0.2) is 47.4 Å². The summed E-state index contributed by atoms with van der Waals surface area (Å²) in [6.07, 6.45) is 0.997. The molecule has 32 heavy (non-hydrogen) atoms. The minimum Gasteiger partial charge on any atom is -0.369 e. The van der Waals surface area contributed by atoms with E-state index < -0.39 is 10.0 Å². The summed E-state index contributed by atoms with van der Waals surface area (Å²) >= 11 is 6.08. The number of amides is 1. The molecule has 7 nitrogen and oxygen atoms in total. The fraction of sp³-hybridized carbons (Fsp3) is 0.391. The molecule has 0 unspecified atom stereocenters. The zero-order chi connectivity index (χ0) is 22.9. The molecule has 1 saturated heterocycles. The maximum absolute atomic E-state index is 13.2. The van der Waals surface area contributed by atoms with Gasteiger partial charge in [0.15, 0.2) is 0 Å². The Bertz CT molecular complexity index is 1140. The topological polar surface area (TPSA) is 78.0 Å². The Labute approximate surface area is 193 Å². The van der Waals surface area contributed by atoms with Crippen molar-refractivity contribution in [1.82, 2.24) is 4.31 Å². The van der Waals surface area contributed by atoms with Gasteiger partial charge in [-0.15, -0.1) is 0 Å². The number of sulfonamides is 1. The van der Waals surface area contributed by atoms with Crippen LogP contribution in [-0.2, 0) is 26.0 Å². The fourth-order valence-corrected chi connectivity index (χ4v) is 5.88. The van der Waals surface area contributed by atoms with E-state index in [1.54, 1.807) is 23.1 Å². The van der Waals surface area contributed by atoms with Crippen molar-refractivity contribution in [1.29, 1.82) is 0 Å². The van der Waals surface area contributed by atoms with E-state index in [0.29, 0.717) is 44.2 Å². The van der Waals surface area contributed by atoms with Gasteiger partial charge < -0.3 is 14.6 Å². The van der Waals surface area contributed by atoms with Crippen LogP contribution in [-0.4, -0.2) is 57.1 Å². The highest BCUT2D eigenvalue weighted by molar-refractivity contribution is 7.89. The summed E-state index contributed by atoms with van der Waals surface area (Å²) in [5, 5.41) is 0.657. The average Bonchev–Trinajstić information content (AvgIpc) is 3.21. The Hall–Kier alpha value is -2.42. The molecule has 1 fully saturated rings. The van der Waals surface area contributed by atoms with Crippen LogP contribution in [0.5, 0.6) is 0 Å². The third kappa shape index (κ3) is 4.67. The van der Waals surface area contributed by atoms with Gasteiger partial charge in [-0.1, -0.05) is 17.7 Å². The summed E-state index contributed by atoms with van der Waals surface area (Å²) in [7, 11) is -3.62. The molecule has 0 atom stereocenters. The highest BCUT2D eigenvalue weighted by Gasteiger charge is 2.31. The van der Waals surface area contributed by atoms with Crippen LogP contribution in [0.2, 0.25) is 5.02 Å². The molecule has 0 spiro atoms. The smallest absolute Gasteiger partial charge is 0.243 e. The molecule has 2 aromatic carbocycles. The third-order valence-electron chi connectivity index (χ3n) is 5.99. The van der Waals surface area contributed by atoms with Crippen LogP contribution in [0.25, 0.3) is 0 Å². The number of nitrogens with zero attached hydrogens (tertiary/aromatic N) is 3. The maximum Gasteiger partial charge on any atom is 0.243 e. The minimum atomic E-state index is -3.62. The zero-order valence-electron chi connectivity index (χ0n) is 18.0. The number of piperazine rings is 1. The van der Waals surface area contributed by atoms with E-state index in [2.05, 4.69) is 4.90 Å². The van der Waals surface area contributed by atoms with E-state index >= 15 is 0 Å². The van der Waals surface area contributed by atoms with Crippen LogP contribution in [0.1, 0.15) is 25.3 Å². The van der Waals surface area contributed by atoms with E-state index in [4.69, 9.17) is 11.6 Å². The Kier molecular flexibility index (Phi) is 6.55. The lowest BCUT2D eigenvalue weighted by atomic mass is 10.1. The zero-order valence-corrected chi connectivity index (χ0v) is 19.5. The Balaban J connectivity index is 1.45. The fourth-order valence-electron chi connectivity index (χ4n) is 4.22. The molecule has 0 aromatic heterocycles. The lowest BCUT2D eigenvalue weighted by Gasteiger charge is -2.35. The summed E-state index contributed by atoms with van der Waals surface area (Å²) < 4.78 is 28.0. The Morgan fingerprint density at radius 3 is 2.41 bits per heavy atom. The maximum atomic E-state index is 13.2. The first-order valence-electron chi connectivity index (χ1n) is 10.7. The van der Waals surface area contributed by atoms with E-state index in [1.807, 2.05) is 24.3 Å². The van der Waals surface area contributed by atoms with Gasteiger partial charge in [-0.05, 0) is 55.3 Å². The lowest BCUT2D eigenvalue weighted by molar-refractivity contribution is -0.122. The van der Waals surface area contributed by atoms with Crippen molar-refractivity contribution in [2.75, 3.05) is 42.5 Å². The molecule has 2 heterocycles. The van der Waals surface area contributed by atoms with E-state index in [9.17, 15) is 18.0 Å². The van der Waals surface area contributed by atoms with Crippen LogP contribution in [0.3, 0.4) is 0 Å². The molecular formula is C23H26ClN3O4S. The van der Waals surface area contributed by atoms with Crippen molar-refractivity contribution >= 4 is 44.7 Å². The minimum absolute atomic E-state index is 0.0188. The third-order valence-corrected chi connectivity index (χ3v) is 8.12. The van der Waals surface area contributed by atoms with Crippen molar-refractivity contribution in [3.8, 4) is 0 Å². The van der Waals surface area contributed by atoms with Gasteiger partial charge in [-0.2, -0.15) is 4.31 Å². The first-order valence-corrected chi connectivity index (χ1v) is 12.5. The molecule has 0 aliphatic carbocycles. The number of benzene rings is 2. The van der Waals surface area contributed by atoms with Gasteiger partial charge in [0.25, 0.3) is 0 Å². The average molecular weight is 476 g/mol. The monoisotopic (exact) mass is 475 g/mol. The summed E-state index contributed by atoms with van der Waals surface area (Å²) in [5.41, 5.74) is 2.57. The van der Waals surface area contributed by atoms with Gasteiger partial charge in [-0.3, -0.25) is 4.79 Å². The first-order chi connectivity index (χ1) is 15.3. The molecule has 0 N–H and O–H groups in total. The van der Waals surface area contributed by atoms with Gasteiger partial charge in [0.2, 0.25) is 15.9 Å². The first kappa shape index (κ1) is 22.8. The summed E-state index contributed by atoms with van der Waals surface area (Å²) in [6.45, 7) is 3.93. The van der Waals surface area contributed by atoms with E-state index in [0.717, 1.165) is 16.9 Å². The molecule has 0 bridgehead atoms. The standard InChI is InChI=1S/C23H26ClN3O4S/c1-17(28)5-8-23(29)27-10-9-18-15-21(6-7-22(18)27)32(30,31)26-13-11-25(12-14-26)20-4-2-3-19(24)16-20/h2-4,6-7,15-16H,5,8-14H2,1H3. The number of Topliss-reactive ketones (excluding diaryl/α,β-unsaturated/α-hetero) is 1. The summed E-state index contributed by atoms with van der Waals surface area (Å²) in [6, 6.07) is 12.5. The molecule has 9 heteroatoms. The second-order valence-electron chi connectivity index (χ2n) is 8.16. The molecule has 2 aliphatic rings. The molecule has 4 rings (SSSR count). The van der Waals surface area contributed by atoms with E-state index in [-0.39, 0.29) is 29.4 Å². The van der Waals surface area contributed by atoms with Gasteiger partial charge in [-0.25, -0.2) is 8.42 Å². The second kappa shape index (κ2) is 9.21. The number of carbonyl (C=O) groups excluding carboxylic acids is 2. The Morgan fingerprint density at radius 1 is 0.969 bits per heavy atom. The van der Waals surface area contributed by atoms with Crippen molar-refractivity contribution < 1.29 is 18.0 Å². The van der Waals surface area contributed by atoms with Crippen LogP contribution >= 0.6 is 11.6 Å². The van der Waals surface area contributed by atoms with Gasteiger partial charge in [0.1, 0.15) is 5.78 Å². The van der Waals surface area contributed by atoms with Crippen LogP contribution in [0.4, 0.5) is 11.4 Å². The van der Waals surface area contributed by atoms with Crippen LogP contribution < -0.4 is 9.80 Å². The van der Waals surface area contributed by atoms with E-state index in [1.165, 1.54) is 11.2 Å². The molecule has 1 amide bonds. The lowest BCUT2D eigenvalue weighted by Crippen LogP contribution is -2.48. The Morgan fingerprint density at radius 2 is 1.72 bits per heavy atom. The number of carbonyl (C=O) groups is 2. The number of fused-ring (bicyclic) bond motifs is 1. The number of halogens is 1. The number of anilines is 2. The SMILES string of the molecule is CC(=O)CCC(=O)N1CCc2cc(S(=O)(=O)N3CCN(c4cccc(Cl)c4)CC3)ccc21. The van der Waals surface area contributed by atoms with Crippen molar-refractivity contribution in [3.05, 3.63) is 53.1 Å². The largest absolute Gasteiger partial charge is 0.369 e. The predicted octanol–water partition coefficient (Wildman–Crippen LogP) is 3.11. The molecule has 2 aromatic rings. The number of ketones is 1. The van der Waals surface area contributed by atoms with Crippen molar-refractivity contribution in [3.63, 3.8) is 0 Å². The molecule has 2 aliphatic heterocycles. The summed E-state index contributed by atoms with van der Waals surface area (Å²) in [5.74, 6) is -0.124. The highest BCUT2D eigenvalue weighted by atomic mass is 35.5. The van der Waals surface area contributed by atoms with Crippen molar-refractivity contribution in [2.45, 2.75) is 31.1 Å². The van der Waals surface area contributed by atoms with Crippen molar-refractivity contribution in [2.24, 2.45) is 0 Å². The van der Waals surface area contributed by atoms with Gasteiger partial charge in [0.05, 0.1) is 4.90 Å². The van der Waals surface area contributed by atoms with Gasteiger partial charge in [0, 0.05) is 62.0 Å². The molecular weight excluding hydrogens is 450 g/mol. The normalized spacial score (nSPS) is 16.8.